The van der Waals surface area contributed by atoms with Gasteiger partial charge in [-0.25, -0.2) is 4.39 Å². The number of hydrogen-bond acceptors (Lipinski definition) is 3. The third-order valence-corrected chi connectivity index (χ3v) is 4.96. The summed E-state index contributed by atoms with van der Waals surface area (Å²) in [6.45, 7) is 6.29. The van der Waals surface area contributed by atoms with Crippen molar-refractivity contribution in [1.29, 1.82) is 0 Å². The molecule has 1 atom stereocenters. The molecule has 1 unspecified atom stereocenters. The van der Waals surface area contributed by atoms with Crippen LogP contribution in [0, 0.1) is 5.82 Å². The van der Waals surface area contributed by atoms with Gasteiger partial charge in [-0.1, -0.05) is 43.7 Å². The first-order valence-electron chi connectivity index (χ1n) is 9.40. The van der Waals surface area contributed by atoms with Gasteiger partial charge in [-0.15, -0.1) is 0 Å². The number of pyridine rings is 1. The van der Waals surface area contributed by atoms with Crippen LogP contribution in [0.15, 0.2) is 54.1 Å². The highest BCUT2D eigenvalue weighted by molar-refractivity contribution is 6.30. The average molecular weight is 415 g/mol. The molecule has 2 aromatic heterocycles. The predicted molar refractivity (Wildman–Crippen MR) is 116 cm³/mol. The van der Waals surface area contributed by atoms with E-state index in [0.29, 0.717) is 10.7 Å². The summed E-state index contributed by atoms with van der Waals surface area (Å²) in [6.07, 6.45) is 5.29. The number of benzene rings is 1. The second-order valence-corrected chi connectivity index (χ2v) is 7.52. The lowest BCUT2D eigenvalue weighted by Gasteiger charge is -2.22. The quantitative estimate of drug-likeness (QED) is 0.596. The van der Waals surface area contributed by atoms with Gasteiger partial charge in [0.15, 0.2) is 5.82 Å². The van der Waals surface area contributed by atoms with Crippen molar-refractivity contribution in [2.75, 3.05) is 5.32 Å². The van der Waals surface area contributed by atoms with E-state index in [1.54, 1.807) is 10.9 Å². The van der Waals surface area contributed by atoms with Crippen molar-refractivity contribution in [2.45, 2.75) is 25.8 Å². The topological polar surface area (TPSA) is 51.9 Å². The van der Waals surface area contributed by atoms with E-state index < -0.39 is 11.4 Å². The monoisotopic (exact) mass is 414 g/mol. The Kier molecular flexibility index (Phi) is 6.23. The van der Waals surface area contributed by atoms with Crippen LogP contribution < -0.4 is 10.9 Å². The Morgan fingerprint density at radius 3 is 2.59 bits per heavy atom. The molecule has 0 bridgehead atoms. The van der Waals surface area contributed by atoms with Crippen LogP contribution in [0.25, 0.3) is 5.57 Å². The van der Waals surface area contributed by atoms with Crippen LogP contribution in [0.5, 0.6) is 0 Å². The molecule has 1 aromatic carbocycles. The molecule has 0 aliphatic carbocycles. The molecule has 3 rings (SSSR count). The Morgan fingerprint density at radius 1 is 1.28 bits per heavy atom. The number of allylic oxidation sites excluding steroid dienone is 1. The maximum Gasteiger partial charge on any atom is 0.286 e. The van der Waals surface area contributed by atoms with E-state index in [-0.39, 0.29) is 6.04 Å². The largest absolute Gasteiger partial charge is 0.373 e. The SMILES string of the molecule is C=C(CCC)c1nn(C)cc1C(Nc1cc(F)c(=O)n(C)c1)c1ccc(Cl)cc1. The van der Waals surface area contributed by atoms with Crippen molar-refractivity contribution < 1.29 is 4.39 Å². The molecule has 0 amide bonds. The van der Waals surface area contributed by atoms with Gasteiger partial charge in [0, 0.05) is 43.1 Å². The first-order chi connectivity index (χ1) is 13.8. The molecule has 0 saturated carbocycles. The maximum absolute atomic E-state index is 14.0. The van der Waals surface area contributed by atoms with E-state index >= 15 is 0 Å². The van der Waals surface area contributed by atoms with Gasteiger partial charge in [0.05, 0.1) is 17.4 Å². The molecule has 0 aliphatic rings. The van der Waals surface area contributed by atoms with Crippen molar-refractivity contribution in [2.24, 2.45) is 14.1 Å². The summed E-state index contributed by atoms with van der Waals surface area (Å²) in [4.78, 5) is 11.7. The normalized spacial score (nSPS) is 12.0. The van der Waals surface area contributed by atoms with Crippen LogP contribution in [0.2, 0.25) is 5.02 Å². The van der Waals surface area contributed by atoms with Gasteiger partial charge in [-0.2, -0.15) is 5.10 Å². The molecule has 0 fully saturated rings. The van der Waals surface area contributed by atoms with Crippen LogP contribution >= 0.6 is 11.6 Å². The highest BCUT2D eigenvalue weighted by Crippen LogP contribution is 2.33. The Balaban J connectivity index is 2.11. The molecular weight excluding hydrogens is 391 g/mol. The molecule has 0 radical (unpaired) electrons. The lowest BCUT2D eigenvalue weighted by molar-refractivity contribution is 0.591. The second-order valence-electron chi connectivity index (χ2n) is 7.08. The van der Waals surface area contributed by atoms with Gasteiger partial charge in [-0.3, -0.25) is 9.48 Å². The third kappa shape index (κ3) is 4.59. The molecule has 3 aromatic rings. The Morgan fingerprint density at radius 2 is 1.97 bits per heavy atom. The van der Waals surface area contributed by atoms with E-state index in [1.807, 2.05) is 37.5 Å². The molecule has 1 N–H and O–H groups in total. The zero-order valence-electron chi connectivity index (χ0n) is 16.7. The molecule has 0 saturated heterocycles. The number of rotatable bonds is 7. The van der Waals surface area contributed by atoms with Crippen molar-refractivity contribution in [3.63, 3.8) is 0 Å². The number of halogens is 2. The lowest BCUT2D eigenvalue weighted by atomic mass is 9.95. The fourth-order valence-corrected chi connectivity index (χ4v) is 3.45. The molecular formula is C22H24ClFN4O. The smallest absolute Gasteiger partial charge is 0.286 e. The summed E-state index contributed by atoms with van der Waals surface area (Å²) >= 11 is 6.07. The molecule has 2 heterocycles. The number of hydrogen-bond donors (Lipinski definition) is 1. The summed E-state index contributed by atoms with van der Waals surface area (Å²) in [5.41, 5.74) is 3.42. The van der Waals surface area contributed by atoms with Crippen molar-refractivity contribution in [3.8, 4) is 0 Å². The zero-order valence-corrected chi connectivity index (χ0v) is 17.5. The second kappa shape index (κ2) is 8.66. The summed E-state index contributed by atoms with van der Waals surface area (Å²) in [5, 5.41) is 8.59. The van der Waals surface area contributed by atoms with Crippen molar-refractivity contribution in [3.05, 3.63) is 87.3 Å². The molecule has 152 valence electrons. The van der Waals surface area contributed by atoms with E-state index in [0.717, 1.165) is 35.2 Å². The van der Waals surface area contributed by atoms with Gasteiger partial charge >= 0.3 is 0 Å². The van der Waals surface area contributed by atoms with Crippen molar-refractivity contribution in [1.82, 2.24) is 14.3 Å². The maximum atomic E-state index is 14.0. The van der Waals surface area contributed by atoms with Crippen LogP contribution in [0.1, 0.15) is 42.6 Å². The predicted octanol–water partition coefficient (Wildman–Crippen LogP) is 4.93. The minimum atomic E-state index is -0.811. The van der Waals surface area contributed by atoms with Crippen LogP contribution in [-0.2, 0) is 14.1 Å². The van der Waals surface area contributed by atoms with E-state index in [9.17, 15) is 9.18 Å². The molecule has 0 spiro atoms. The molecule has 0 aliphatic heterocycles. The molecule has 7 heteroatoms. The fourth-order valence-electron chi connectivity index (χ4n) is 3.33. The summed E-state index contributed by atoms with van der Waals surface area (Å²) in [7, 11) is 3.38. The number of nitrogens with zero attached hydrogens (tertiary/aromatic N) is 3. The summed E-state index contributed by atoms with van der Waals surface area (Å²) < 4.78 is 17.0. The Bertz CT molecular complexity index is 1060. The first-order valence-corrected chi connectivity index (χ1v) is 9.77. The first kappa shape index (κ1) is 20.9. The van der Waals surface area contributed by atoms with Crippen molar-refractivity contribution >= 4 is 22.9 Å². The molecule has 29 heavy (non-hydrogen) atoms. The highest BCUT2D eigenvalue weighted by atomic mass is 35.5. The highest BCUT2D eigenvalue weighted by Gasteiger charge is 2.22. The summed E-state index contributed by atoms with van der Waals surface area (Å²) in [5.74, 6) is -0.811. The lowest BCUT2D eigenvalue weighted by Crippen LogP contribution is -2.21. The Hall–Kier alpha value is -2.86. The van der Waals surface area contributed by atoms with E-state index in [4.69, 9.17) is 11.6 Å². The molecule has 5 nitrogen and oxygen atoms in total. The number of anilines is 1. The van der Waals surface area contributed by atoms with E-state index in [2.05, 4.69) is 23.9 Å². The van der Waals surface area contributed by atoms with Crippen LogP contribution in [0.4, 0.5) is 10.1 Å². The number of aromatic nitrogens is 3. The minimum Gasteiger partial charge on any atom is -0.373 e. The van der Waals surface area contributed by atoms with Crippen LogP contribution in [0.3, 0.4) is 0 Å². The van der Waals surface area contributed by atoms with Gasteiger partial charge in [0.1, 0.15) is 0 Å². The standard InChI is InChI=1S/C22H24ClFN4O/c1-5-6-14(2)20-18(13-28(4)26-20)21(15-7-9-16(23)10-8-15)25-17-11-19(24)22(29)27(3)12-17/h7-13,21,25H,2,5-6H2,1,3-4H3. The zero-order chi connectivity index (χ0) is 21.1. The van der Waals surface area contributed by atoms with E-state index in [1.165, 1.54) is 17.7 Å². The Labute approximate surface area is 174 Å². The number of aryl methyl sites for hydroxylation is 2. The van der Waals surface area contributed by atoms with Crippen LogP contribution in [-0.4, -0.2) is 14.3 Å². The van der Waals surface area contributed by atoms with Gasteiger partial charge in [0.25, 0.3) is 5.56 Å². The third-order valence-electron chi connectivity index (χ3n) is 4.71. The van der Waals surface area contributed by atoms with Gasteiger partial charge in [-0.05, 0) is 29.7 Å². The minimum absolute atomic E-state index is 0.332. The number of nitrogens with one attached hydrogen (secondary N) is 1. The van der Waals surface area contributed by atoms with Gasteiger partial charge in [0.2, 0.25) is 0 Å². The summed E-state index contributed by atoms with van der Waals surface area (Å²) in [6, 6.07) is 8.33. The van der Waals surface area contributed by atoms with Gasteiger partial charge < -0.3 is 9.88 Å². The fraction of sp³-hybridized carbons (Fsp3) is 0.273. The average Bonchev–Trinajstić information content (AvgIpc) is 3.06.